The fourth-order valence-corrected chi connectivity index (χ4v) is 2.75. The van der Waals surface area contributed by atoms with Crippen LogP contribution in [0.2, 0.25) is 0 Å². The Bertz CT molecular complexity index is 385. The third-order valence-corrected chi connectivity index (χ3v) is 4.49. The number of hydrogen-bond donors (Lipinski definition) is 1. The number of esters is 1. The highest BCUT2D eigenvalue weighted by atomic mass is 17.2. The molecule has 0 aromatic heterocycles. The Morgan fingerprint density at radius 3 is 2.39 bits per heavy atom. The molecule has 1 aliphatic carbocycles. The van der Waals surface area contributed by atoms with E-state index in [-0.39, 0.29) is 24.2 Å². The molecular weight excluding hydrogens is 300 g/mol. The molecular formula is C17H30O6. The molecule has 0 aromatic carbocycles. The smallest absolute Gasteiger partial charge is 0.306 e. The number of carbonyl (C=O) groups excluding carboxylic acids is 1. The molecule has 6 nitrogen and oxygen atoms in total. The minimum atomic E-state index is -0.795. The van der Waals surface area contributed by atoms with Crippen LogP contribution in [0, 0.1) is 5.41 Å². The molecule has 0 amide bonds. The third-order valence-electron chi connectivity index (χ3n) is 4.49. The van der Waals surface area contributed by atoms with Crippen molar-refractivity contribution in [2.75, 3.05) is 13.2 Å². The molecule has 1 N–H and O–H groups in total. The van der Waals surface area contributed by atoms with Crippen LogP contribution in [0.5, 0.6) is 0 Å². The van der Waals surface area contributed by atoms with Crippen molar-refractivity contribution in [2.24, 2.45) is 5.41 Å². The van der Waals surface area contributed by atoms with E-state index in [1.54, 1.807) is 0 Å². The van der Waals surface area contributed by atoms with Gasteiger partial charge in [-0.3, -0.25) is 9.59 Å². The molecule has 0 radical (unpaired) electrons. The van der Waals surface area contributed by atoms with Crippen molar-refractivity contribution in [1.82, 2.24) is 0 Å². The van der Waals surface area contributed by atoms with Crippen LogP contribution in [0.25, 0.3) is 0 Å². The van der Waals surface area contributed by atoms with E-state index in [1.165, 1.54) is 0 Å². The Hall–Kier alpha value is -1.14. The van der Waals surface area contributed by atoms with E-state index in [2.05, 4.69) is 0 Å². The highest BCUT2D eigenvalue weighted by Crippen LogP contribution is 2.41. The lowest BCUT2D eigenvalue weighted by atomic mass is 9.84. The molecule has 23 heavy (non-hydrogen) atoms. The number of hydrogen-bond acceptors (Lipinski definition) is 5. The minimum absolute atomic E-state index is 0.120. The molecule has 1 saturated carbocycles. The van der Waals surface area contributed by atoms with Gasteiger partial charge in [0.1, 0.15) is 5.60 Å². The average Bonchev–Trinajstić information content (AvgIpc) is 2.90. The molecule has 1 rings (SSSR count). The Kier molecular flexibility index (Phi) is 7.99. The van der Waals surface area contributed by atoms with Gasteiger partial charge in [0.2, 0.25) is 0 Å². The lowest BCUT2D eigenvalue weighted by molar-refractivity contribution is -0.310. The Morgan fingerprint density at radius 1 is 1.17 bits per heavy atom. The zero-order chi connectivity index (χ0) is 17.3. The van der Waals surface area contributed by atoms with E-state index in [4.69, 9.17) is 19.6 Å². The topological polar surface area (TPSA) is 82.1 Å². The van der Waals surface area contributed by atoms with E-state index in [0.29, 0.717) is 19.6 Å². The normalized spacial score (nSPS) is 17.2. The monoisotopic (exact) mass is 330 g/mol. The van der Waals surface area contributed by atoms with Gasteiger partial charge in [-0.2, -0.15) is 0 Å². The first-order valence-corrected chi connectivity index (χ1v) is 8.47. The molecule has 134 valence electrons. The minimum Gasteiger partial charge on any atom is -0.481 e. The summed E-state index contributed by atoms with van der Waals surface area (Å²) in [7, 11) is 0. The van der Waals surface area contributed by atoms with E-state index in [0.717, 1.165) is 32.1 Å². The lowest BCUT2D eigenvalue weighted by Crippen LogP contribution is -2.27. The van der Waals surface area contributed by atoms with Crippen LogP contribution in [0.15, 0.2) is 0 Å². The van der Waals surface area contributed by atoms with Gasteiger partial charge >= 0.3 is 11.9 Å². The van der Waals surface area contributed by atoms with Gasteiger partial charge in [0, 0.05) is 11.8 Å². The van der Waals surface area contributed by atoms with Gasteiger partial charge in [0.25, 0.3) is 0 Å². The predicted molar refractivity (Wildman–Crippen MR) is 84.8 cm³/mol. The molecule has 0 bridgehead atoms. The van der Waals surface area contributed by atoms with Crippen LogP contribution in [0.4, 0.5) is 0 Å². The second kappa shape index (κ2) is 9.23. The van der Waals surface area contributed by atoms with Gasteiger partial charge in [0.05, 0.1) is 19.6 Å². The number of carboxylic acid groups (broad SMARTS) is 1. The molecule has 0 aromatic rings. The molecule has 0 atom stereocenters. The highest BCUT2D eigenvalue weighted by molar-refractivity contribution is 5.69. The van der Waals surface area contributed by atoms with E-state index in [9.17, 15) is 9.59 Å². The highest BCUT2D eigenvalue weighted by Gasteiger charge is 2.36. The summed E-state index contributed by atoms with van der Waals surface area (Å²) in [6, 6.07) is 0. The predicted octanol–water partition coefficient (Wildman–Crippen LogP) is 3.48. The standard InChI is InChI=1S/C17H30O6/c1-4-16(2,3)23-15(20)8-7-11-21-22-13-17(12-14(18)19)9-5-6-10-17/h4-13H2,1-3H3,(H,18,19). The van der Waals surface area contributed by atoms with Crippen molar-refractivity contribution >= 4 is 11.9 Å². The average molecular weight is 330 g/mol. The molecule has 0 spiro atoms. The number of carboxylic acids is 1. The van der Waals surface area contributed by atoms with Crippen molar-refractivity contribution in [3.8, 4) is 0 Å². The molecule has 0 unspecified atom stereocenters. The third kappa shape index (κ3) is 7.79. The van der Waals surface area contributed by atoms with E-state index in [1.807, 2.05) is 20.8 Å². The number of rotatable bonds is 11. The molecule has 0 aliphatic heterocycles. The first-order valence-electron chi connectivity index (χ1n) is 8.47. The number of ether oxygens (including phenoxy) is 1. The van der Waals surface area contributed by atoms with Crippen LogP contribution in [0.3, 0.4) is 0 Å². The van der Waals surface area contributed by atoms with Gasteiger partial charge in [-0.15, -0.1) is 0 Å². The lowest BCUT2D eigenvalue weighted by Gasteiger charge is -2.25. The van der Waals surface area contributed by atoms with Gasteiger partial charge < -0.3 is 9.84 Å². The molecule has 0 saturated heterocycles. The summed E-state index contributed by atoms with van der Waals surface area (Å²) < 4.78 is 5.33. The summed E-state index contributed by atoms with van der Waals surface area (Å²) in [6.45, 7) is 6.33. The van der Waals surface area contributed by atoms with Crippen molar-refractivity contribution < 1.29 is 29.2 Å². The summed E-state index contributed by atoms with van der Waals surface area (Å²) in [5, 5.41) is 9.01. The zero-order valence-electron chi connectivity index (χ0n) is 14.6. The van der Waals surface area contributed by atoms with Crippen LogP contribution in [0.1, 0.15) is 72.1 Å². The maximum atomic E-state index is 11.6. The Balaban J connectivity index is 2.15. The van der Waals surface area contributed by atoms with Crippen molar-refractivity contribution in [2.45, 2.75) is 77.7 Å². The number of aliphatic carboxylic acids is 1. The Morgan fingerprint density at radius 2 is 1.83 bits per heavy atom. The van der Waals surface area contributed by atoms with Crippen molar-refractivity contribution in [1.29, 1.82) is 0 Å². The van der Waals surface area contributed by atoms with Gasteiger partial charge in [-0.05, 0) is 39.5 Å². The maximum absolute atomic E-state index is 11.6. The second-order valence-corrected chi connectivity index (χ2v) is 7.05. The van der Waals surface area contributed by atoms with Crippen LogP contribution in [-0.4, -0.2) is 35.9 Å². The summed E-state index contributed by atoms with van der Waals surface area (Å²) in [5.41, 5.74) is -0.726. The fourth-order valence-electron chi connectivity index (χ4n) is 2.75. The first kappa shape index (κ1) is 19.9. The second-order valence-electron chi connectivity index (χ2n) is 7.05. The summed E-state index contributed by atoms with van der Waals surface area (Å²) in [6.07, 6.45) is 5.49. The van der Waals surface area contributed by atoms with Crippen molar-refractivity contribution in [3.05, 3.63) is 0 Å². The maximum Gasteiger partial charge on any atom is 0.306 e. The van der Waals surface area contributed by atoms with Crippen LogP contribution in [-0.2, 0) is 24.1 Å². The van der Waals surface area contributed by atoms with Gasteiger partial charge in [-0.25, -0.2) is 9.78 Å². The summed E-state index contributed by atoms with van der Waals surface area (Å²) in [4.78, 5) is 32.9. The van der Waals surface area contributed by atoms with E-state index >= 15 is 0 Å². The molecule has 6 heteroatoms. The fraction of sp³-hybridized carbons (Fsp3) is 0.882. The van der Waals surface area contributed by atoms with Gasteiger partial charge in [-0.1, -0.05) is 19.8 Å². The van der Waals surface area contributed by atoms with Crippen LogP contribution >= 0.6 is 0 Å². The quantitative estimate of drug-likeness (QED) is 0.270. The SMILES string of the molecule is CCC(C)(C)OC(=O)CCCOOCC1(CC(=O)O)CCCC1. The van der Waals surface area contributed by atoms with E-state index < -0.39 is 11.6 Å². The zero-order valence-corrected chi connectivity index (χ0v) is 14.6. The summed E-state index contributed by atoms with van der Waals surface area (Å²) in [5.74, 6) is -1.03. The Labute approximate surface area is 138 Å². The molecule has 0 heterocycles. The van der Waals surface area contributed by atoms with Gasteiger partial charge in [0.15, 0.2) is 0 Å². The largest absolute Gasteiger partial charge is 0.481 e. The molecule has 1 aliphatic rings. The number of carbonyl (C=O) groups is 2. The molecule has 1 fully saturated rings. The van der Waals surface area contributed by atoms with Crippen molar-refractivity contribution in [3.63, 3.8) is 0 Å². The van der Waals surface area contributed by atoms with Crippen LogP contribution < -0.4 is 0 Å². The summed E-state index contributed by atoms with van der Waals surface area (Å²) >= 11 is 0. The first-order chi connectivity index (χ1) is 10.8.